The standard InChI is InChI=1S/C22H21F3N6O/c1-13-3-2-4-17(20(13)31-28-7-8-29-31)21(32)30-16-5-6-18(30)14(10-16)9-15-11-27-19(12-26-15)22(23,24)25/h2-4,7-8,11-12,14,16,18H,5-6,9-10H2,1H3. The second-order valence-electron chi connectivity index (χ2n) is 8.39. The van der Waals surface area contributed by atoms with E-state index in [-0.39, 0.29) is 23.9 Å². The fourth-order valence-corrected chi connectivity index (χ4v) is 5.09. The van der Waals surface area contributed by atoms with Crippen molar-refractivity contribution in [3.8, 4) is 5.69 Å². The number of carbonyl (C=O) groups is 1. The minimum Gasteiger partial charge on any atom is -0.332 e. The molecule has 1 amide bonds. The molecule has 2 aromatic heterocycles. The SMILES string of the molecule is Cc1cccc(C(=O)N2C3CCC2C(Cc2cnc(C(F)(F)F)cn2)C3)c1-n1nccn1. The number of amides is 1. The monoisotopic (exact) mass is 442 g/mol. The summed E-state index contributed by atoms with van der Waals surface area (Å²) in [4.78, 5) is 24.5. The Hall–Kier alpha value is -3.30. The number of hydrogen-bond acceptors (Lipinski definition) is 5. The first-order valence-corrected chi connectivity index (χ1v) is 10.5. The van der Waals surface area contributed by atoms with Crippen molar-refractivity contribution in [2.75, 3.05) is 0 Å². The van der Waals surface area contributed by atoms with Gasteiger partial charge in [-0.1, -0.05) is 12.1 Å². The average molecular weight is 442 g/mol. The van der Waals surface area contributed by atoms with Crippen LogP contribution in [0.4, 0.5) is 13.2 Å². The molecule has 0 radical (unpaired) electrons. The van der Waals surface area contributed by atoms with Crippen molar-refractivity contribution < 1.29 is 18.0 Å². The number of halogens is 3. The van der Waals surface area contributed by atoms with Crippen LogP contribution in [0.1, 0.15) is 46.6 Å². The molecular weight excluding hydrogens is 421 g/mol. The predicted octanol–water partition coefficient (Wildman–Crippen LogP) is 3.62. The van der Waals surface area contributed by atoms with Crippen LogP contribution in [0.25, 0.3) is 5.69 Å². The number of benzene rings is 1. The summed E-state index contributed by atoms with van der Waals surface area (Å²) < 4.78 is 38.3. The van der Waals surface area contributed by atoms with E-state index in [0.29, 0.717) is 23.4 Å². The predicted molar refractivity (Wildman–Crippen MR) is 108 cm³/mol. The lowest BCUT2D eigenvalue weighted by Gasteiger charge is -2.25. The highest BCUT2D eigenvalue weighted by atomic mass is 19.4. The Labute approximate surface area is 182 Å². The second-order valence-corrected chi connectivity index (χ2v) is 8.39. The quantitative estimate of drug-likeness (QED) is 0.617. The van der Waals surface area contributed by atoms with Gasteiger partial charge in [-0.15, -0.1) is 0 Å². The van der Waals surface area contributed by atoms with Crippen LogP contribution in [0.2, 0.25) is 0 Å². The molecule has 3 aromatic rings. The summed E-state index contributed by atoms with van der Waals surface area (Å²) in [6, 6.07) is 5.69. The minimum absolute atomic E-state index is 0.0236. The van der Waals surface area contributed by atoms with Crippen LogP contribution in [0.5, 0.6) is 0 Å². The van der Waals surface area contributed by atoms with Crippen LogP contribution in [0.3, 0.4) is 0 Å². The fourth-order valence-electron chi connectivity index (χ4n) is 5.09. The summed E-state index contributed by atoms with van der Waals surface area (Å²) in [6.45, 7) is 1.92. The Kier molecular flexibility index (Phi) is 4.94. The highest BCUT2D eigenvalue weighted by Gasteiger charge is 2.49. The van der Waals surface area contributed by atoms with Gasteiger partial charge in [0.25, 0.3) is 5.91 Å². The molecule has 2 aliphatic rings. The molecule has 166 valence electrons. The zero-order valence-electron chi connectivity index (χ0n) is 17.3. The number of carbonyl (C=O) groups excluding carboxylic acids is 1. The van der Waals surface area contributed by atoms with Gasteiger partial charge in [-0.2, -0.15) is 28.2 Å². The molecule has 1 aromatic carbocycles. The smallest absolute Gasteiger partial charge is 0.332 e. The first kappa shape index (κ1) is 20.6. The van der Waals surface area contributed by atoms with Crippen molar-refractivity contribution in [1.29, 1.82) is 0 Å². The number of rotatable bonds is 4. The van der Waals surface area contributed by atoms with Crippen molar-refractivity contribution in [2.45, 2.75) is 50.9 Å². The topological polar surface area (TPSA) is 76.8 Å². The van der Waals surface area contributed by atoms with Crippen LogP contribution in [-0.2, 0) is 12.6 Å². The summed E-state index contributed by atoms with van der Waals surface area (Å²) in [5.74, 6) is 0.0781. The molecule has 2 bridgehead atoms. The van der Waals surface area contributed by atoms with Crippen molar-refractivity contribution in [2.24, 2.45) is 5.92 Å². The maximum atomic E-state index is 13.6. The molecule has 2 aliphatic heterocycles. The molecule has 0 saturated carbocycles. The van der Waals surface area contributed by atoms with Crippen molar-refractivity contribution in [1.82, 2.24) is 29.9 Å². The summed E-state index contributed by atoms with van der Waals surface area (Å²) in [6.07, 6.45) is 3.71. The van der Waals surface area contributed by atoms with E-state index >= 15 is 0 Å². The maximum Gasteiger partial charge on any atom is 0.434 e. The lowest BCUT2D eigenvalue weighted by Crippen LogP contribution is -2.37. The Balaban J connectivity index is 1.38. The Morgan fingerprint density at radius 1 is 1.12 bits per heavy atom. The van der Waals surface area contributed by atoms with E-state index in [0.717, 1.165) is 31.0 Å². The number of nitrogens with zero attached hydrogens (tertiary/aromatic N) is 6. The van der Waals surface area contributed by atoms with E-state index in [1.165, 1.54) is 11.0 Å². The third-order valence-electron chi connectivity index (χ3n) is 6.45. The zero-order chi connectivity index (χ0) is 22.5. The number of para-hydroxylation sites is 1. The number of alkyl halides is 3. The molecule has 4 heterocycles. The lowest BCUT2D eigenvalue weighted by atomic mass is 9.86. The van der Waals surface area contributed by atoms with Gasteiger partial charge in [-0.3, -0.25) is 9.78 Å². The van der Waals surface area contributed by atoms with E-state index in [2.05, 4.69) is 20.2 Å². The number of hydrogen-bond donors (Lipinski definition) is 0. The first-order valence-electron chi connectivity index (χ1n) is 10.5. The molecule has 7 nitrogen and oxygen atoms in total. The summed E-state index contributed by atoms with van der Waals surface area (Å²) in [5, 5.41) is 8.41. The summed E-state index contributed by atoms with van der Waals surface area (Å²) >= 11 is 0. The van der Waals surface area contributed by atoms with Gasteiger partial charge in [0.05, 0.1) is 29.8 Å². The second kappa shape index (κ2) is 7.68. The van der Waals surface area contributed by atoms with Gasteiger partial charge in [0.2, 0.25) is 0 Å². The first-order chi connectivity index (χ1) is 15.3. The van der Waals surface area contributed by atoms with Crippen molar-refractivity contribution >= 4 is 5.91 Å². The Morgan fingerprint density at radius 2 is 1.91 bits per heavy atom. The largest absolute Gasteiger partial charge is 0.434 e. The van der Waals surface area contributed by atoms with Gasteiger partial charge in [0, 0.05) is 18.3 Å². The average Bonchev–Trinajstić information content (AvgIpc) is 3.49. The van der Waals surface area contributed by atoms with Crippen molar-refractivity contribution in [3.63, 3.8) is 0 Å². The highest BCUT2D eigenvalue weighted by molar-refractivity contribution is 5.99. The van der Waals surface area contributed by atoms with E-state index in [4.69, 9.17) is 0 Å². The zero-order valence-corrected chi connectivity index (χ0v) is 17.3. The molecular formula is C22H21F3N6O. The van der Waals surface area contributed by atoms with E-state index < -0.39 is 11.9 Å². The fraction of sp³-hybridized carbons (Fsp3) is 0.409. The van der Waals surface area contributed by atoms with Gasteiger partial charge in [-0.05, 0) is 50.2 Å². The number of aromatic nitrogens is 5. The Morgan fingerprint density at radius 3 is 2.59 bits per heavy atom. The molecule has 3 atom stereocenters. The van der Waals surface area contributed by atoms with Crippen LogP contribution in [-0.4, -0.2) is 47.9 Å². The molecule has 3 unspecified atom stereocenters. The van der Waals surface area contributed by atoms with Gasteiger partial charge >= 0.3 is 6.18 Å². The highest BCUT2D eigenvalue weighted by Crippen LogP contribution is 2.44. The van der Waals surface area contributed by atoms with Gasteiger partial charge in [0.1, 0.15) is 5.69 Å². The van der Waals surface area contributed by atoms with Gasteiger partial charge in [-0.25, -0.2) is 4.98 Å². The molecule has 2 saturated heterocycles. The molecule has 2 fully saturated rings. The van der Waals surface area contributed by atoms with E-state index in [9.17, 15) is 18.0 Å². The Bertz CT molecular complexity index is 1130. The molecule has 0 N–H and O–H groups in total. The number of aryl methyl sites for hydroxylation is 1. The summed E-state index contributed by atoms with van der Waals surface area (Å²) in [7, 11) is 0. The van der Waals surface area contributed by atoms with Crippen LogP contribution >= 0.6 is 0 Å². The van der Waals surface area contributed by atoms with Gasteiger partial charge < -0.3 is 4.90 Å². The van der Waals surface area contributed by atoms with E-state index in [1.54, 1.807) is 18.5 Å². The third kappa shape index (κ3) is 3.53. The third-order valence-corrected chi connectivity index (χ3v) is 6.45. The minimum atomic E-state index is -4.50. The summed E-state index contributed by atoms with van der Waals surface area (Å²) in [5.41, 5.74) is 1.63. The van der Waals surface area contributed by atoms with Crippen LogP contribution in [0.15, 0.2) is 43.0 Å². The maximum absolute atomic E-state index is 13.6. The molecule has 5 rings (SSSR count). The molecule has 0 spiro atoms. The number of fused-ring (bicyclic) bond motifs is 2. The normalized spacial score (nSPS) is 22.5. The van der Waals surface area contributed by atoms with E-state index in [1.807, 2.05) is 24.0 Å². The van der Waals surface area contributed by atoms with Crippen molar-refractivity contribution in [3.05, 3.63) is 65.5 Å². The molecule has 10 heteroatoms. The lowest BCUT2D eigenvalue weighted by molar-refractivity contribution is -0.141. The molecule has 32 heavy (non-hydrogen) atoms. The molecule has 0 aliphatic carbocycles. The van der Waals surface area contributed by atoms with Crippen LogP contribution in [0, 0.1) is 12.8 Å². The van der Waals surface area contributed by atoms with Gasteiger partial charge in [0.15, 0.2) is 5.69 Å². The van der Waals surface area contributed by atoms with Crippen LogP contribution < -0.4 is 0 Å².